The number of carbonyl (C=O) groups is 4. The molecule has 9 nitrogen and oxygen atoms in total. The normalized spacial score (nSPS) is 15.4. The second-order valence-electron chi connectivity index (χ2n) is 7.27. The van der Waals surface area contributed by atoms with E-state index in [9.17, 15) is 24.3 Å². The molecular weight excluding hydrogens is 414 g/mol. The number of hydrogen-bond donors (Lipinski definition) is 2. The van der Waals surface area contributed by atoms with Crippen molar-refractivity contribution < 1.29 is 28.7 Å². The monoisotopic (exact) mass is 433 g/mol. The number of urea groups is 1. The van der Waals surface area contributed by atoms with Crippen molar-refractivity contribution in [2.75, 3.05) is 0 Å². The predicted octanol–water partition coefficient (Wildman–Crippen LogP) is 3.05. The average molecular weight is 433 g/mol. The van der Waals surface area contributed by atoms with Crippen LogP contribution in [0, 0.1) is 13.8 Å². The first-order chi connectivity index (χ1) is 15.3. The van der Waals surface area contributed by atoms with E-state index in [4.69, 9.17) is 4.42 Å². The molecule has 162 valence electrons. The van der Waals surface area contributed by atoms with Crippen LogP contribution in [0.1, 0.15) is 33.1 Å². The molecule has 0 radical (unpaired) electrons. The lowest BCUT2D eigenvalue weighted by Gasteiger charge is -2.25. The minimum atomic E-state index is -1.07. The van der Waals surface area contributed by atoms with Crippen LogP contribution in [0.15, 0.2) is 58.7 Å². The number of barbiturate groups is 1. The topological polar surface area (TPSA) is 122 Å². The lowest BCUT2D eigenvalue weighted by molar-refractivity contribution is -0.130. The molecule has 32 heavy (non-hydrogen) atoms. The van der Waals surface area contributed by atoms with Crippen LogP contribution in [0.2, 0.25) is 0 Å². The number of furan rings is 1. The zero-order chi connectivity index (χ0) is 23.0. The lowest BCUT2D eigenvalue weighted by Crippen LogP contribution is -2.53. The molecule has 1 aromatic carbocycles. The first-order valence-corrected chi connectivity index (χ1v) is 9.71. The van der Waals surface area contributed by atoms with Gasteiger partial charge in [-0.05, 0) is 55.8 Å². The average Bonchev–Trinajstić information content (AvgIpc) is 3.36. The van der Waals surface area contributed by atoms with E-state index >= 15 is 0 Å². The third-order valence-corrected chi connectivity index (χ3v) is 5.23. The van der Waals surface area contributed by atoms with Crippen LogP contribution in [0.4, 0.5) is 4.79 Å². The first-order valence-electron chi connectivity index (χ1n) is 9.71. The minimum absolute atomic E-state index is 0.118. The first kappa shape index (κ1) is 20.9. The van der Waals surface area contributed by atoms with Crippen LogP contribution in [0.3, 0.4) is 0 Å². The van der Waals surface area contributed by atoms with Gasteiger partial charge in [-0.1, -0.05) is 12.1 Å². The number of amides is 4. The Labute approximate surface area is 182 Å². The van der Waals surface area contributed by atoms with Gasteiger partial charge in [0.1, 0.15) is 11.3 Å². The van der Waals surface area contributed by atoms with Gasteiger partial charge in [0.15, 0.2) is 0 Å². The Morgan fingerprint density at radius 3 is 2.56 bits per heavy atom. The summed E-state index contributed by atoms with van der Waals surface area (Å²) >= 11 is 0. The zero-order valence-electron chi connectivity index (χ0n) is 17.3. The summed E-state index contributed by atoms with van der Waals surface area (Å²) in [5.74, 6) is -2.22. The summed E-state index contributed by atoms with van der Waals surface area (Å²) in [5.41, 5.74) is 2.29. The number of carboxylic acid groups (broad SMARTS) is 1. The molecule has 1 saturated heterocycles. The van der Waals surface area contributed by atoms with E-state index in [1.54, 1.807) is 54.8 Å². The van der Waals surface area contributed by atoms with Gasteiger partial charge in [0.2, 0.25) is 0 Å². The van der Waals surface area contributed by atoms with E-state index in [-0.39, 0.29) is 17.7 Å². The summed E-state index contributed by atoms with van der Waals surface area (Å²) in [5, 5.41) is 11.7. The number of para-hydroxylation sites is 1. The zero-order valence-corrected chi connectivity index (χ0v) is 17.3. The van der Waals surface area contributed by atoms with Gasteiger partial charge in [0.05, 0.1) is 24.1 Å². The third kappa shape index (κ3) is 3.60. The maximum atomic E-state index is 12.9. The van der Waals surface area contributed by atoms with Crippen LogP contribution < -0.4 is 5.32 Å². The molecule has 0 aliphatic carbocycles. The fourth-order valence-electron chi connectivity index (χ4n) is 3.71. The fourth-order valence-corrected chi connectivity index (χ4v) is 3.71. The number of rotatable bonds is 5. The van der Waals surface area contributed by atoms with Gasteiger partial charge >= 0.3 is 12.0 Å². The molecule has 4 amide bonds. The summed E-state index contributed by atoms with van der Waals surface area (Å²) in [7, 11) is 0. The van der Waals surface area contributed by atoms with Crippen molar-refractivity contribution in [3.63, 3.8) is 0 Å². The van der Waals surface area contributed by atoms with Crippen molar-refractivity contribution in [1.82, 2.24) is 14.8 Å². The third-order valence-electron chi connectivity index (χ3n) is 5.23. The molecule has 9 heteroatoms. The number of nitrogens with zero attached hydrogens (tertiary/aromatic N) is 2. The van der Waals surface area contributed by atoms with Crippen molar-refractivity contribution in [2.24, 2.45) is 0 Å². The molecule has 0 atom stereocenters. The molecule has 0 unspecified atom stereocenters. The Kier molecular flexibility index (Phi) is 5.23. The highest BCUT2D eigenvalue weighted by Gasteiger charge is 2.36. The molecule has 2 N–H and O–H groups in total. The van der Waals surface area contributed by atoms with Crippen LogP contribution in [0.5, 0.6) is 0 Å². The van der Waals surface area contributed by atoms with Gasteiger partial charge in [-0.2, -0.15) is 0 Å². The van der Waals surface area contributed by atoms with Crippen LogP contribution in [-0.2, 0) is 16.1 Å². The number of aromatic nitrogens is 1. The highest BCUT2D eigenvalue weighted by atomic mass is 16.4. The molecule has 4 rings (SSSR count). The van der Waals surface area contributed by atoms with Gasteiger partial charge in [-0.25, -0.2) is 9.59 Å². The van der Waals surface area contributed by atoms with Crippen LogP contribution >= 0.6 is 0 Å². The maximum absolute atomic E-state index is 12.9. The summed E-state index contributed by atoms with van der Waals surface area (Å²) < 4.78 is 6.94. The van der Waals surface area contributed by atoms with Gasteiger partial charge < -0.3 is 14.1 Å². The quantitative estimate of drug-likeness (QED) is 0.471. The highest BCUT2D eigenvalue weighted by molar-refractivity contribution is 6.31. The van der Waals surface area contributed by atoms with Crippen molar-refractivity contribution >= 4 is 29.9 Å². The summed E-state index contributed by atoms with van der Waals surface area (Å²) in [6.45, 7) is 3.44. The van der Waals surface area contributed by atoms with Gasteiger partial charge in [-0.3, -0.25) is 19.8 Å². The number of aryl methyl sites for hydroxylation is 1. The smallest absolute Gasteiger partial charge is 0.337 e. The number of aromatic carboxylic acids is 1. The SMILES string of the molecule is Cc1cc(/C=C2\C(=O)NC(=O)N(Cc3ccco3)C2=O)c(C)n1-c1ccccc1C(=O)O. The van der Waals surface area contributed by atoms with Gasteiger partial charge in [0, 0.05) is 11.4 Å². The molecule has 1 aliphatic rings. The molecule has 0 saturated carbocycles. The van der Waals surface area contributed by atoms with Crippen molar-refractivity contribution in [1.29, 1.82) is 0 Å². The Hall–Kier alpha value is -4.40. The molecule has 0 bridgehead atoms. The van der Waals surface area contributed by atoms with Crippen molar-refractivity contribution in [3.05, 3.63) is 82.6 Å². The standard InChI is InChI=1S/C23H19N3O6/c1-13-10-15(14(2)26(13)19-8-4-3-7-17(19)22(29)30)11-18-20(27)24-23(31)25(21(18)28)12-16-6-5-9-32-16/h3-11H,12H2,1-2H3,(H,29,30)(H,24,27,31)/b18-11+. The van der Waals surface area contributed by atoms with E-state index in [1.165, 1.54) is 18.4 Å². The number of benzene rings is 1. The molecule has 2 aromatic heterocycles. The molecule has 0 spiro atoms. The Morgan fingerprint density at radius 1 is 1.12 bits per heavy atom. The van der Waals surface area contributed by atoms with E-state index in [1.807, 2.05) is 0 Å². The molecular formula is C23H19N3O6. The van der Waals surface area contributed by atoms with Crippen molar-refractivity contribution in [2.45, 2.75) is 20.4 Å². The van der Waals surface area contributed by atoms with Gasteiger partial charge in [0.25, 0.3) is 11.8 Å². The summed E-state index contributed by atoms with van der Waals surface area (Å²) in [6.07, 6.45) is 2.83. The Morgan fingerprint density at radius 2 is 1.88 bits per heavy atom. The van der Waals surface area contributed by atoms with Crippen LogP contribution in [-0.4, -0.2) is 38.4 Å². The number of carbonyl (C=O) groups excluding carboxylic acids is 3. The van der Waals surface area contributed by atoms with Crippen LogP contribution in [0.25, 0.3) is 11.8 Å². The second-order valence-corrected chi connectivity index (χ2v) is 7.27. The predicted molar refractivity (Wildman–Crippen MR) is 113 cm³/mol. The summed E-state index contributed by atoms with van der Waals surface area (Å²) in [4.78, 5) is 50.1. The maximum Gasteiger partial charge on any atom is 0.337 e. The number of nitrogens with one attached hydrogen (secondary N) is 1. The fraction of sp³-hybridized carbons (Fsp3) is 0.130. The number of hydrogen-bond acceptors (Lipinski definition) is 5. The van der Waals surface area contributed by atoms with E-state index < -0.39 is 23.8 Å². The molecule has 1 aliphatic heterocycles. The molecule has 3 heterocycles. The highest BCUT2D eigenvalue weighted by Crippen LogP contribution is 2.26. The molecule has 1 fully saturated rings. The number of imide groups is 2. The number of carboxylic acids is 1. The Bertz CT molecular complexity index is 1280. The van der Waals surface area contributed by atoms with Crippen molar-refractivity contribution in [3.8, 4) is 5.69 Å². The van der Waals surface area contributed by atoms with E-state index in [0.29, 0.717) is 22.7 Å². The molecule has 3 aromatic rings. The Balaban J connectivity index is 1.75. The minimum Gasteiger partial charge on any atom is -0.478 e. The van der Waals surface area contributed by atoms with E-state index in [0.717, 1.165) is 10.6 Å². The lowest BCUT2D eigenvalue weighted by atomic mass is 10.1. The van der Waals surface area contributed by atoms with E-state index in [2.05, 4.69) is 5.32 Å². The largest absolute Gasteiger partial charge is 0.478 e. The second kappa shape index (κ2) is 8.03. The summed E-state index contributed by atoms with van der Waals surface area (Å²) in [6, 6.07) is 10.7. The van der Waals surface area contributed by atoms with Gasteiger partial charge in [-0.15, -0.1) is 0 Å².